The molecule has 7 atom stereocenters. The van der Waals surface area contributed by atoms with Crippen molar-refractivity contribution in [2.45, 2.75) is 133 Å². The molecule has 0 radical (unpaired) electrons. The zero-order valence-corrected chi connectivity index (χ0v) is 73.2. The molecular weight excluding hydrogens is 1620 g/mol. The Balaban J connectivity index is 0.000000147. The van der Waals surface area contributed by atoms with E-state index in [1.165, 1.54) is 69.7 Å². The summed E-state index contributed by atoms with van der Waals surface area (Å²) in [7, 11) is 5.94. The van der Waals surface area contributed by atoms with E-state index >= 15 is 0 Å². The number of benzene rings is 5. The lowest BCUT2D eigenvalue weighted by atomic mass is 10.00. The molecule has 1 unspecified atom stereocenters. The number of anilines is 6. The number of para-hydroxylation sites is 1. The van der Waals surface area contributed by atoms with Gasteiger partial charge in [0, 0.05) is 154 Å². The fourth-order valence-corrected chi connectivity index (χ4v) is 19.6. The second-order valence-corrected chi connectivity index (χ2v) is 34.1. The number of carbonyl (C=O) groups excluding carboxylic acids is 3. The molecule has 0 bridgehead atoms. The minimum Gasteiger partial charge on any atom is -0.462 e. The number of amides is 3. The molecule has 6 fully saturated rings. The predicted molar refractivity (Wildman–Crippen MR) is 487 cm³/mol. The Morgan fingerprint density at radius 2 is 0.858 bits per heavy atom. The molecular formula is C96H114F3N21O7. The van der Waals surface area contributed by atoms with Crippen LogP contribution in [-0.2, 0) is 64.2 Å². The number of hydrogen-bond donors (Lipinski definition) is 0. The van der Waals surface area contributed by atoms with Gasteiger partial charge in [0.15, 0.2) is 0 Å². The van der Waals surface area contributed by atoms with Crippen LogP contribution in [0.5, 0.6) is 18.0 Å². The quantitative estimate of drug-likeness (QED) is 0.0406. The second kappa shape index (κ2) is 41.0. The molecule has 9 aliphatic rings. The monoisotopic (exact) mass is 1730 g/mol. The van der Waals surface area contributed by atoms with Gasteiger partial charge in [-0.25, -0.2) is 19.7 Å². The van der Waals surface area contributed by atoms with E-state index in [1.54, 1.807) is 32.8 Å². The normalized spacial score (nSPS) is 21.4. The first-order chi connectivity index (χ1) is 61.7. The Bertz CT molecular complexity index is 5420. The molecule has 666 valence electrons. The van der Waals surface area contributed by atoms with Gasteiger partial charge in [-0.3, -0.25) is 19.3 Å². The summed E-state index contributed by atoms with van der Waals surface area (Å²) in [5.41, 5.74) is 7.54. The van der Waals surface area contributed by atoms with Gasteiger partial charge >= 0.3 is 24.2 Å². The first kappa shape index (κ1) is 89.6. The molecule has 0 aliphatic carbocycles. The number of rotatable bonds is 24. The summed E-state index contributed by atoms with van der Waals surface area (Å²) in [4.78, 5) is 103. The molecule has 12 heterocycles. The van der Waals surface area contributed by atoms with Crippen LogP contribution in [0.15, 0.2) is 147 Å². The largest absolute Gasteiger partial charge is 0.462 e. The number of nitrogens with zero attached hydrogens (tertiary/aromatic N) is 21. The highest BCUT2D eigenvalue weighted by Gasteiger charge is 2.43. The number of methoxy groups -OCH3 is 1. The average molecular weight is 1730 g/mol. The van der Waals surface area contributed by atoms with Crippen LogP contribution < -0.4 is 43.6 Å². The highest BCUT2D eigenvalue weighted by molar-refractivity contribution is 5.96. The fraction of sp³-hybridized carbons (Fsp3) is 0.479. The number of alkyl halides is 3. The van der Waals surface area contributed by atoms with Crippen LogP contribution >= 0.6 is 0 Å². The summed E-state index contributed by atoms with van der Waals surface area (Å²) < 4.78 is 65.6. The number of carbonyl (C=O) groups is 3. The van der Waals surface area contributed by atoms with Gasteiger partial charge in [0.2, 0.25) is 37.4 Å². The van der Waals surface area contributed by atoms with Crippen molar-refractivity contribution in [1.82, 2.24) is 59.3 Å². The number of ether oxygens (including phenoxy) is 4. The highest BCUT2D eigenvalue weighted by Crippen LogP contribution is 2.42. The summed E-state index contributed by atoms with van der Waals surface area (Å²) in [6, 6.07) is 36.6. The maximum absolute atomic E-state index is 13.8. The van der Waals surface area contributed by atoms with Crippen molar-refractivity contribution in [2.75, 3.05) is 195 Å². The Hall–Kier alpha value is -12.2. The smallest absolute Gasteiger partial charge is 0.418 e. The molecule has 0 spiro atoms. The van der Waals surface area contributed by atoms with Crippen molar-refractivity contribution in [3.8, 4) is 18.0 Å². The zero-order valence-electron chi connectivity index (χ0n) is 73.2. The molecule has 127 heavy (non-hydrogen) atoms. The first-order valence-corrected chi connectivity index (χ1v) is 44.4. The molecule has 31 heteroatoms. The third-order valence-corrected chi connectivity index (χ3v) is 26.4. The van der Waals surface area contributed by atoms with Gasteiger partial charge in [-0.2, -0.15) is 43.1 Å². The molecule has 5 aromatic carbocycles. The van der Waals surface area contributed by atoms with Gasteiger partial charge in [0.05, 0.1) is 48.9 Å². The number of likely N-dealkylation sites (N-methyl/N-ethyl adjacent to an activating group) is 2. The van der Waals surface area contributed by atoms with Crippen LogP contribution in [0.2, 0.25) is 0 Å². The van der Waals surface area contributed by atoms with Crippen LogP contribution in [-0.4, -0.2) is 285 Å². The Labute approximate surface area is 742 Å². The van der Waals surface area contributed by atoms with E-state index in [0.29, 0.717) is 140 Å². The van der Waals surface area contributed by atoms with Crippen LogP contribution in [0.1, 0.15) is 84.8 Å². The maximum atomic E-state index is 13.8. The molecule has 0 saturated carbocycles. The highest BCUT2D eigenvalue weighted by atomic mass is 19.4. The number of likely N-dealkylation sites (tertiary alicyclic amines) is 3. The van der Waals surface area contributed by atoms with E-state index in [-0.39, 0.29) is 85.8 Å². The zero-order chi connectivity index (χ0) is 88.8. The van der Waals surface area contributed by atoms with Crippen LogP contribution in [0.3, 0.4) is 0 Å². The molecule has 0 N–H and O–H groups in total. The maximum Gasteiger partial charge on any atom is 0.418 e. The Morgan fingerprint density at radius 3 is 1.31 bits per heavy atom. The molecule has 6 saturated heterocycles. The van der Waals surface area contributed by atoms with Gasteiger partial charge in [-0.15, -0.1) is 0 Å². The number of aromatic nitrogens is 6. The molecule has 3 amide bonds. The predicted octanol–water partition coefficient (Wildman–Crippen LogP) is 11.6. The van der Waals surface area contributed by atoms with Gasteiger partial charge in [0.25, 0.3) is 0 Å². The first-order valence-electron chi connectivity index (χ1n) is 44.4. The Kier molecular flexibility index (Phi) is 29.0. The number of hydrogen-bond acceptors (Lipinski definition) is 22. The van der Waals surface area contributed by atoms with Crippen molar-refractivity contribution >= 4 is 73.8 Å². The van der Waals surface area contributed by atoms with Gasteiger partial charge in [-0.05, 0) is 152 Å². The average Bonchev–Trinajstić information content (AvgIpc) is 1.72. The van der Waals surface area contributed by atoms with Gasteiger partial charge in [-0.1, -0.05) is 105 Å². The van der Waals surface area contributed by atoms with Crippen molar-refractivity contribution in [3.63, 3.8) is 0 Å². The van der Waals surface area contributed by atoms with E-state index in [9.17, 15) is 27.6 Å². The fourth-order valence-electron chi connectivity index (χ4n) is 19.6. The van der Waals surface area contributed by atoms with Crippen molar-refractivity contribution in [1.29, 1.82) is 0 Å². The van der Waals surface area contributed by atoms with Crippen molar-refractivity contribution < 1.29 is 46.5 Å². The van der Waals surface area contributed by atoms with E-state index in [2.05, 4.69) is 179 Å². The summed E-state index contributed by atoms with van der Waals surface area (Å²) in [6.45, 7) is 49.9. The summed E-state index contributed by atoms with van der Waals surface area (Å²) >= 11 is 0. The lowest BCUT2D eigenvalue weighted by molar-refractivity contribution is -0.137. The molecule has 3 aromatic heterocycles. The second-order valence-electron chi connectivity index (χ2n) is 34.1. The van der Waals surface area contributed by atoms with Gasteiger partial charge in [0.1, 0.15) is 55.4 Å². The standard InChI is InChI=1S/C34H41N7O3.C33H39N7O2.C29H34F3N7O2/c1-4-32(42)41-18-17-40(22-27(41)21-35-2)33-29-14-16-39(31-13-7-10-25-9-5-6-12-28(25)31)23-30(29)36-34(37-33)44-24-26-11-8-15-38(26)19-20-43-3;1-5-31(41)40-19-23(2)39(20-26(40)18-34-3)32-28-15-17-38(30-14-8-11-24-10-6-7-13-27(24)30)21-29(28)35-33(36-32)42-22-25-12-9-16-37(25)4;1-4-26(40)39-15-14-38(17-21(39)16-33-2)27-22-11-13-37(25-10-6-5-9-23(25)29(30,31)32)18-24(22)34-28(35-27)41-19-20-8-7-12-36(20)3/h4-7,9-10,12-13,26-27H,1,8,11,14-24H2,3H3;5-8,10-11,13-14,23,25-26H,1,9,12,15-22H2,2,4H3;4-6,9-10,20-21H,1,7-8,11-19H2,3H3/t26-,27?;23-,25+,26+;20-,21-/m010/s1. The van der Waals surface area contributed by atoms with Crippen LogP contribution in [0.4, 0.5) is 47.7 Å². The molecule has 8 aromatic rings. The third kappa shape index (κ3) is 20.4. The SMILES string of the molecule is [C-]#[N+]CC1CN(c2nc(OC[C@@H]3CCCN3CCOC)nc3c2CCN(c2cccc4ccccc24)C3)CCN1C(=O)C=C.[C-]#[N+]C[C@H]1CN(c2nc(OC[C@@H]3CCCN3C)nc3c2CCN(c2cccc4ccccc24)C3)[C@H](C)CN1C(=O)C=C.[C-]#[N+]C[C@H]1CN(c2nc(OC[C@@H]3CCCN3C)nc3c2CCN(c2ccccc2C(F)(F)F)C3)CCN1C(=O)C=C. The molecule has 17 rings (SSSR count). The lowest BCUT2D eigenvalue weighted by Gasteiger charge is -2.45. The number of halogens is 3. The Morgan fingerprint density at radius 1 is 0.457 bits per heavy atom. The molecule has 9 aliphatic heterocycles. The lowest BCUT2D eigenvalue weighted by Crippen LogP contribution is -2.60. The summed E-state index contributed by atoms with van der Waals surface area (Å²) in [6.07, 6.45) is 8.11. The van der Waals surface area contributed by atoms with E-state index in [1.807, 2.05) is 0 Å². The summed E-state index contributed by atoms with van der Waals surface area (Å²) in [5, 5.41) is 4.90. The number of piperazine rings is 3. The topological polar surface area (TPSA) is 217 Å². The minimum atomic E-state index is -4.48. The summed E-state index contributed by atoms with van der Waals surface area (Å²) in [5.74, 6) is 1.93. The van der Waals surface area contributed by atoms with Crippen molar-refractivity contribution in [3.05, 3.63) is 221 Å². The van der Waals surface area contributed by atoms with Crippen LogP contribution in [0, 0.1) is 19.7 Å². The van der Waals surface area contributed by atoms with E-state index in [0.717, 1.165) is 130 Å². The minimum absolute atomic E-state index is 0.0137. The van der Waals surface area contributed by atoms with Crippen LogP contribution in [0.25, 0.3) is 36.1 Å². The van der Waals surface area contributed by atoms with E-state index in [4.69, 9.17) is 68.6 Å². The van der Waals surface area contributed by atoms with E-state index < -0.39 is 11.7 Å². The van der Waals surface area contributed by atoms with Crippen molar-refractivity contribution in [2.24, 2.45) is 0 Å². The molecule has 28 nitrogen and oxygen atoms in total. The third-order valence-electron chi connectivity index (χ3n) is 26.4. The number of fused-ring (bicyclic) bond motifs is 5. The van der Waals surface area contributed by atoms with Gasteiger partial charge < -0.3 is 87.4 Å².